The maximum atomic E-state index is 10.8. The van der Waals surface area contributed by atoms with Gasteiger partial charge in [-0.25, -0.2) is 0 Å². The van der Waals surface area contributed by atoms with E-state index < -0.39 is 0 Å². The molecule has 4 heteroatoms. The van der Waals surface area contributed by atoms with E-state index in [9.17, 15) is 9.59 Å². The van der Waals surface area contributed by atoms with Gasteiger partial charge in [-0.1, -0.05) is 18.2 Å². The molecule has 0 unspecified atom stereocenters. The Labute approximate surface area is 95.3 Å². The Morgan fingerprint density at radius 2 is 1.88 bits per heavy atom. The van der Waals surface area contributed by atoms with Gasteiger partial charge in [0.1, 0.15) is 0 Å². The van der Waals surface area contributed by atoms with Crippen molar-refractivity contribution < 1.29 is 9.59 Å². The van der Waals surface area contributed by atoms with Crippen molar-refractivity contribution in [2.75, 3.05) is 19.4 Å². The van der Waals surface area contributed by atoms with E-state index >= 15 is 0 Å². The lowest BCUT2D eigenvalue weighted by molar-refractivity contribution is -0.126. The summed E-state index contributed by atoms with van der Waals surface area (Å²) in [6, 6.07) is 7.75. The summed E-state index contributed by atoms with van der Waals surface area (Å²) in [5.41, 5.74) is 2.07. The fraction of sp³-hybridized carbons (Fsp3) is 0.333. The third-order valence-electron chi connectivity index (χ3n) is 2.27. The van der Waals surface area contributed by atoms with E-state index in [1.807, 2.05) is 24.3 Å². The van der Waals surface area contributed by atoms with Crippen molar-refractivity contribution in [1.82, 2.24) is 4.90 Å². The van der Waals surface area contributed by atoms with Gasteiger partial charge in [0.15, 0.2) is 0 Å². The van der Waals surface area contributed by atoms with Gasteiger partial charge in [-0.05, 0) is 11.6 Å². The highest BCUT2D eigenvalue weighted by atomic mass is 16.2. The van der Waals surface area contributed by atoms with Gasteiger partial charge in [0.05, 0.1) is 6.42 Å². The van der Waals surface area contributed by atoms with E-state index in [0.29, 0.717) is 6.42 Å². The molecule has 1 N–H and O–H groups in total. The van der Waals surface area contributed by atoms with Crippen LogP contribution in [0.5, 0.6) is 0 Å². The molecule has 4 nitrogen and oxygen atoms in total. The Bertz CT molecular complexity index is 373. The number of amides is 2. The topological polar surface area (TPSA) is 49.4 Å². The molecule has 0 aliphatic carbocycles. The van der Waals surface area contributed by atoms with Crippen LogP contribution in [0.2, 0.25) is 0 Å². The van der Waals surface area contributed by atoms with E-state index in [2.05, 4.69) is 5.32 Å². The first kappa shape index (κ1) is 12.2. The summed E-state index contributed by atoms with van der Waals surface area (Å²) >= 11 is 0. The molecule has 1 aromatic rings. The average Bonchev–Trinajstić information content (AvgIpc) is 2.58. The van der Waals surface area contributed by atoms with Crippen LogP contribution in [0.15, 0.2) is 24.3 Å². The number of fused-ring (bicyclic) bond motifs is 1. The zero-order valence-corrected chi connectivity index (χ0v) is 9.78. The second kappa shape index (κ2) is 5.30. The number of nitrogens with one attached hydrogen (secondary N) is 1. The normalized spacial score (nSPS) is 12.1. The van der Waals surface area contributed by atoms with Crippen LogP contribution in [-0.2, 0) is 16.0 Å². The van der Waals surface area contributed by atoms with Crippen LogP contribution in [0.4, 0.5) is 5.69 Å². The van der Waals surface area contributed by atoms with E-state index in [-0.39, 0.29) is 11.8 Å². The molecule has 0 fully saturated rings. The Balaban J connectivity index is 0.000000187. The van der Waals surface area contributed by atoms with Gasteiger partial charge in [0.25, 0.3) is 0 Å². The Hall–Kier alpha value is -1.84. The monoisotopic (exact) mass is 220 g/mol. The SMILES string of the molecule is CC(=O)N(C)C.O=C1Cc2ccccc2N1. The quantitative estimate of drug-likeness (QED) is 0.716. The van der Waals surface area contributed by atoms with E-state index in [1.165, 1.54) is 11.8 Å². The molecule has 86 valence electrons. The highest BCUT2D eigenvalue weighted by Crippen LogP contribution is 2.20. The first-order chi connectivity index (χ1) is 7.50. The highest BCUT2D eigenvalue weighted by molar-refractivity contribution is 5.98. The third kappa shape index (κ3) is 3.38. The van der Waals surface area contributed by atoms with Crippen LogP contribution in [-0.4, -0.2) is 30.8 Å². The Morgan fingerprint density at radius 1 is 1.31 bits per heavy atom. The minimum Gasteiger partial charge on any atom is -0.349 e. The number of hydrogen-bond donors (Lipinski definition) is 1. The molecule has 2 amide bonds. The van der Waals surface area contributed by atoms with E-state index in [1.54, 1.807) is 14.1 Å². The smallest absolute Gasteiger partial charge is 0.228 e. The van der Waals surface area contributed by atoms with Gasteiger partial charge in [-0.15, -0.1) is 0 Å². The molecule has 0 aromatic heterocycles. The first-order valence-electron chi connectivity index (χ1n) is 5.06. The summed E-state index contributed by atoms with van der Waals surface area (Å²) in [7, 11) is 3.45. The van der Waals surface area contributed by atoms with Crippen LogP contribution in [0, 0.1) is 0 Å². The van der Waals surface area contributed by atoms with Crippen molar-refractivity contribution in [1.29, 1.82) is 0 Å². The van der Waals surface area contributed by atoms with Gasteiger partial charge in [0, 0.05) is 26.7 Å². The maximum absolute atomic E-state index is 10.8. The van der Waals surface area contributed by atoms with Gasteiger partial charge >= 0.3 is 0 Å². The second-order valence-corrected chi connectivity index (χ2v) is 3.80. The molecule has 0 atom stereocenters. The standard InChI is InChI=1S/C8H7NO.C4H9NO/c10-8-5-6-3-1-2-4-7(6)9-8;1-4(6)5(2)3/h1-4H,5H2,(H,9,10);1-3H3. The number of hydrogen-bond acceptors (Lipinski definition) is 2. The molecule has 0 saturated heterocycles. The minimum atomic E-state index is 0.0926. The predicted molar refractivity (Wildman–Crippen MR) is 63.1 cm³/mol. The summed E-state index contributed by atoms with van der Waals surface area (Å²) in [4.78, 5) is 22.4. The summed E-state index contributed by atoms with van der Waals surface area (Å²) in [6.45, 7) is 1.53. The summed E-state index contributed by atoms with van der Waals surface area (Å²) < 4.78 is 0. The van der Waals surface area contributed by atoms with Crippen molar-refractivity contribution in [3.05, 3.63) is 29.8 Å². The third-order valence-corrected chi connectivity index (χ3v) is 2.27. The maximum Gasteiger partial charge on any atom is 0.228 e. The molecule has 1 aromatic carbocycles. The number of carbonyl (C=O) groups excluding carboxylic acids is 2. The van der Waals surface area contributed by atoms with Crippen molar-refractivity contribution in [3.63, 3.8) is 0 Å². The number of para-hydroxylation sites is 1. The van der Waals surface area contributed by atoms with Gasteiger partial charge < -0.3 is 10.2 Å². The fourth-order valence-corrected chi connectivity index (χ4v) is 1.16. The summed E-state index contributed by atoms with van der Waals surface area (Å²) in [5, 5.41) is 2.76. The van der Waals surface area contributed by atoms with E-state index in [0.717, 1.165) is 11.3 Å². The van der Waals surface area contributed by atoms with Crippen LogP contribution >= 0.6 is 0 Å². The van der Waals surface area contributed by atoms with Crippen molar-refractivity contribution in [2.45, 2.75) is 13.3 Å². The molecule has 2 rings (SSSR count). The zero-order chi connectivity index (χ0) is 12.1. The molecular weight excluding hydrogens is 204 g/mol. The Kier molecular flexibility index (Phi) is 4.05. The van der Waals surface area contributed by atoms with Crippen LogP contribution in [0.1, 0.15) is 12.5 Å². The van der Waals surface area contributed by atoms with Crippen LogP contribution in [0.3, 0.4) is 0 Å². The Morgan fingerprint density at radius 3 is 2.38 bits per heavy atom. The molecule has 1 aliphatic rings. The van der Waals surface area contributed by atoms with Crippen molar-refractivity contribution in [3.8, 4) is 0 Å². The number of nitrogens with zero attached hydrogens (tertiary/aromatic N) is 1. The largest absolute Gasteiger partial charge is 0.349 e. The minimum absolute atomic E-state index is 0.0926. The predicted octanol–water partition coefficient (Wildman–Crippen LogP) is 1.28. The number of anilines is 1. The second-order valence-electron chi connectivity index (χ2n) is 3.80. The molecule has 1 aliphatic heterocycles. The molecule has 0 bridgehead atoms. The van der Waals surface area contributed by atoms with Crippen molar-refractivity contribution >= 4 is 17.5 Å². The molecule has 16 heavy (non-hydrogen) atoms. The summed E-state index contributed by atoms with van der Waals surface area (Å²) in [5.74, 6) is 0.191. The highest BCUT2D eigenvalue weighted by Gasteiger charge is 2.15. The lowest BCUT2D eigenvalue weighted by atomic mass is 10.2. The lowest BCUT2D eigenvalue weighted by Gasteiger charge is -2.02. The molecule has 0 radical (unpaired) electrons. The van der Waals surface area contributed by atoms with E-state index in [4.69, 9.17) is 0 Å². The fourth-order valence-electron chi connectivity index (χ4n) is 1.16. The molecule has 0 saturated carbocycles. The number of rotatable bonds is 0. The van der Waals surface area contributed by atoms with Gasteiger partial charge in [-0.3, -0.25) is 9.59 Å². The molecular formula is C12H16N2O2. The first-order valence-corrected chi connectivity index (χ1v) is 5.06. The molecule has 1 heterocycles. The lowest BCUT2D eigenvalue weighted by Crippen LogP contribution is -2.17. The van der Waals surface area contributed by atoms with Crippen LogP contribution < -0.4 is 5.32 Å². The van der Waals surface area contributed by atoms with Crippen LogP contribution in [0.25, 0.3) is 0 Å². The van der Waals surface area contributed by atoms with Gasteiger partial charge in [-0.2, -0.15) is 0 Å². The average molecular weight is 220 g/mol. The van der Waals surface area contributed by atoms with Crippen molar-refractivity contribution in [2.24, 2.45) is 0 Å². The summed E-state index contributed by atoms with van der Waals surface area (Å²) in [6.07, 6.45) is 0.538. The number of benzene rings is 1. The zero-order valence-electron chi connectivity index (χ0n) is 9.78. The molecule has 0 spiro atoms. The number of carbonyl (C=O) groups is 2. The van der Waals surface area contributed by atoms with Gasteiger partial charge in [0.2, 0.25) is 11.8 Å².